The molecule has 0 unspecified atom stereocenters. The van der Waals surface area contributed by atoms with Crippen LogP contribution >= 0.6 is 11.6 Å². The normalized spacial score (nSPS) is 14.6. The first kappa shape index (κ1) is 30.6. The lowest BCUT2D eigenvalue weighted by molar-refractivity contribution is -0.207. The number of aliphatic hydroxyl groups is 1. The number of ketones is 1. The molecule has 0 spiro atoms. The molecular formula is C26H22ClF3N8O6. The van der Waals surface area contributed by atoms with Gasteiger partial charge in [-0.25, -0.2) is 24.2 Å². The fraction of sp³-hybridized carbons (Fsp3) is 0.308. The smallest absolute Gasteiger partial charge is 0.416 e. The number of rotatable bonds is 8. The summed E-state index contributed by atoms with van der Waals surface area (Å²) in [6.45, 7) is -1.73. The molecule has 1 aromatic carbocycles. The minimum absolute atomic E-state index is 0.187. The summed E-state index contributed by atoms with van der Waals surface area (Å²) in [7, 11) is 0. The molecule has 2 N–H and O–H groups in total. The molecular weight excluding hydrogens is 613 g/mol. The Hall–Kier alpha value is -4.90. The van der Waals surface area contributed by atoms with Crippen LogP contribution in [0.1, 0.15) is 39.6 Å². The molecule has 44 heavy (non-hydrogen) atoms. The highest BCUT2D eigenvalue weighted by Gasteiger charge is 2.39. The van der Waals surface area contributed by atoms with Crippen LogP contribution in [0.5, 0.6) is 0 Å². The molecule has 0 radical (unpaired) electrons. The summed E-state index contributed by atoms with van der Waals surface area (Å²) in [4.78, 5) is 60.2. The van der Waals surface area contributed by atoms with Gasteiger partial charge in [-0.15, -0.1) is 10.2 Å². The van der Waals surface area contributed by atoms with Gasteiger partial charge in [-0.05, 0) is 42.8 Å². The van der Waals surface area contributed by atoms with Crippen LogP contribution in [0.25, 0.3) is 17.2 Å². The number of benzene rings is 1. The van der Waals surface area contributed by atoms with Crippen molar-refractivity contribution in [1.82, 2.24) is 39.0 Å². The van der Waals surface area contributed by atoms with Crippen LogP contribution in [-0.2, 0) is 17.9 Å². The minimum Gasteiger partial charge on any atom is -0.478 e. The number of amides is 1. The van der Waals surface area contributed by atoms with E-state index in [0.717, 1.165) is 9.36 Å². The van der Waals surface area contributed by atoms with Crippen LogP contribution in [0, 0.1) is 0 Å². The Morgan fingerprint density at radius 1 is 1.09 bits per heavy atom. The van der Waals surface area contributed by atoms with Crippen LogP contribution in [0.3, 0.4) is 0 Å². The molecule has 1 fully saturated rings. The molecule has 14 nitrogen and oxygen atoms in total. The Balaban J connectivity index is 1.60. The number of Topliss-reactive ketones (excluding diaryl/α,β-unsaturated/α-hetero) is 1. The van der Waals surface area contributed by atoms with E-state index in [1.807, 2.05) is 0 Å². The van der Waals surface area contributed by atoms with Crippen molar-refractivity contribution in [3.63, 3.8) is 0 Å². The number of likely N-dealkylation sites (tertiary alicyclic amines) is 1. The Kier molecular flexibility index (Phi) is 8.33. The lowest BCUT2D eigenvalue weighted by Gasteiger charge is -2.25. The Morgan fingerprint density at radius 2 is 1.82 bits per heavy atom. The van der Waals surface area contributed by atoms with E-state index in [2.05, 4.69) is 20.2 Å². The van der Waals surface area contributed by atoms with E-state index < -0.39 is 48.8 Å². The molecule has 230 valence electrons. The molecule has 3 aromatic heterocycles. The van der Waals surface area contributed by atoms with Crippen molar-refractivity contribution in [3.8, 4) is 17.2 Å². The van der Waals surface area contributed by atoms with E-state index in [0.29, 0.717) is 16.0 Å². The van der Waals surface area contributed by atoms with Gasteiger partial charge in [0.1, 0.15) is 12.1 Å². The molecule has 1 amide bonds. The molecule has 4 heterocycles. The van der Waals surface area contributed by atoms with Crippen LogP contribution in [0.4, 0.5) is 13.2 Å². The van der Waals surface area contributed by atoms with E-state index in [1.165, 1.54) is 47.5 Å². The summed E-state index contributed by atoms with van der Waals surface area (Å²) >= 11 is 5.92. The van der Waals surface area contributed by atoms with Gasteiger partial charge in [-0.1, -0.05) is 11.6 Å². The number of hydrogen-bond donors (Lipinski definition) is 2. The molecule has 0 saturated carbocycles. The number of carboxylic acid groups (broad SMARTS) is 1. The van der Waals surface area contributed by atoms with Gasteiger partial charge in [0.15, 0.2) is 29.4 Å². The van der Waals surface area contributed by atoms with E-state index in [-0.39, 0.29) is 53.9 Å². The maximum Gasteiger partial charge on any atom is 0.416 e. The van der Waals surface area contributed by atoms with E-state index in [4.69, 9.17) is 11.6 Å². The molecule has 0 bridgehead atoms. The average Bonchev–Trinajstić information content (AvgIpc) is 3.53. The number of pyridine rings is 1. The molecule has 5 rings (SSSR count). The van der Waals surface area contributed by atoms with Gasteiger partial charge in [-0.2, -0.15) is 17.9 Å². The highest BCUT2D eigenvalue weighted by molar-refractivity contribution is 6.30. The quantitative estimate of drug-likeness (QED) is 0.290. The predicted molar refractivity (Wildman–Crippen MR) is 144 cm³/mol. The van der Waals surface area contributed by atoms with Gasteiger partial charge in [0.25, 0.3) is 5.91 Å². The second-order valence-electron chi connectivity index (χ2n) is 9.75. The number of aromatic carboxylic acids is 1. The summed E-state index contributed by atoms with van der Waals surface area (Å²) in [5.74, 6) is -3.49. The first-order valence-corrected chi connectivity index (χ1v) is 13.3. The van der Waals surface area contributed by atoms with Gasteiger partial charge >= 0.3 is 17.8 Å². The highest BCUT2D eigenvalue weighted by atomic mass is 35.5. The fourth-order valence-electron chi connectivity index (χ4n) is 4.52. The van der Waals surface area contributed by atoms with E-state index in [1.54, 1.807) is 0 Å². The lowest BCUT2D eigenvalue weighted by atomic mass is 10.1. The first-order valence-electron chi connectivity index (χ1n) is 13.0. The predicted octanol–water partition coefficient (Wildman–Crippen LogP) is 1.82. The number of hydrogen-bond acceptors (Lipinski definition) is 9. The second-order valence-corrected chi connectivity index (χ2v) is 10.2. The van der Waals surface area contributed by atoms with Crippen molar-refractivity contribution in [3.05, 3.63) is 75.3 Å². The summed E-state index contributed by atoms with van der Waals surface area (Å²) in [5, 5.41) is 28.1. The maximum absolute atomic E-state index is 13.5. The molecule has 18 heteroatoms. The van der Waals surface area contributed by atoms with E-state index >= 15 is 0 Å². The first-order chi connectivity index (χ1) is 20.8. The molecule has 1 aliphatic heterocycles. The summed E-state index contributed by atoms with van der Waals surface area (Å²) in [6.07, 6.45) is -5.97. The second kappa shape index (κ2) is 12.0. The number of carboxylic acids is 1. The third-order valence-corrected chi connectivity index (χ3v) is 6.90. The third kappa shape index (κ3) is 6.23. The number of halogens is 4. The van der Waals surface area contributed by atoms with E-state index in [9.17, 15) is 42.6 Å². The SMILES string of the molecule is O=C1CCCN(C(=O)c2nc(Cn3nc(-c4ccc(Cl)cc4)n(C[C@H](O)C(F)(F)F)c3=O)nn2-c2ncccc2C(=O)O)C1. The molecule has 0 aliphatic carbocycles. The Morgan fingerprint density at radius 3 is 2.48 bits per heavy atom. The molecule has 1 saturated heterocycles. The van der Waals surface area contributed by atoms with Gasteiger partial charge in [0.05, 0.1) is 13.1 Å². The van der Waals surface area contributed by atoms with Crippen molar-refractivity contribution in [2.45, 2.75) is 38.2 Å². The maximum atomic E-state index is 13.5. The third-order valence-electron chi connectivity index (χ3n) is 6.65. The standard InChI is InChI=1S/C26H22ClF3N8O6/c27-15-7-5-14(6-8-15)20-34-37(25(44)36(20)12-18(40)26(28,29)30)13-19-32-22(23(41)35-10-2-3-16(39)11-35)38(33-19)21-17(24(42)43)4-1-9-31-21/h1,4-9,18,40H,2-3,10-13H2,(H,42,43)/t18-/m0/s1. The molecule has 4 aromatic rings. The van der Waals surface area contributed by atoms with Crippen molar-refractivity contribution < 1.29 is 37.8 Å². The summed E-state index contributed by atoms with van der Waals surface area (Å²) < 4.78 is 41.9. The number of aliphatic hydroxyl groups excluding tert-OH is 1. The summed E-state index contributed by atoms with van der Waals surface area (Å²) in [6, 6.07) is 8.29. The number of carbonyl (C=O) groups is 3. The van der Waals surface area contributed by atoms with Gasteiger partial charge in [0, 0.05) is 29.7 Å². The number of nitrogens with zero attached hydrogens (tertiary/aromatic N) is 8. The van der Waals surface area contributed by atoms with Crippen LogP contribution in [0.2, 0.25) is 5.02 Å². The Labute approximate surface area is 249 Å². The molecule has 1 aliphatic rings. The van der Waals surface area contributed by atoms with Crippen LogP contribution < -0.4 is 5.69 Å². The number of aromatic nitrogens is 7. The largest absolute Gasteiger partial charge is 0.478 e. The zero-order valence-corrected chi connectivity index (χ0v) is 23.2. The topological polar surface area (TPSA) is 178 Å². The van der Waals surface area contributed by atoms with Gasteiger partial charge in [-0.3, -0.25) is 14.2 Å². The number of piperidine rings is 1. The van der Waals surface area contributed by atoms with Gasteiger partial charge in [0.2, 0.25) is 5.82 Å². The van der Waals surface area contributed by atoms with Crippen molar-refractivity contribution >= 4 is 29.3 Å². The zero-order chi connectivity index (χ0) is 31.8. The number of carbonyl (C=O) groups excluding carboxylic acids is 2. The average molecular weight is 635 g/mol. The van der Waals surface area contributed by atoms with Crippen molar-refractivity contribution in [2.24, 2.45) is 0 Å². The lowest BCUT2D eigenvalue weighted by Crippen LogP contribution is -2.41. The van der Waals surface area contributed by atoms with Crippen molar-refractivity contribution in [1.29, 1.82) is 0 Å². The summed E-state index contributed by atoms with van der Waals surface area (Å²) in [5.41, 5.74) is -1.18. The monoisotopic (exact) mass is 634 g/mol. The van der Waals surface area contributed by atoms with Crippen LogP contribution in [-0.4, -0.2) is 92.2 Å². The minimum atomic E-state index is -5.03. The van der Waals surface area contributed by atoms with Crippen LogP contribution in [0.15, 0.2) is 47.4 Å². The zero-order valence-electron chi connectivity index (χ0n) is 22.5. The highest BCUT2D eigenvalue weighted by Crippen LogP contribution is 2.24. The Bertz CT molecular complexity index is 1800. The molecule has 1 atom stereocenters. The van der Waals surface area contributed by atoms with Gasteiger partial charge < -0.3 is 15.1 Å². The number of alkyl halides is 3. The van der Waals surface area contributed by atoms with Crippen molar-refractivity contribution in [2.75, 3.05) is 13.1 Å². The fourth-order valence-corrected chi connectivity index (χ4v) is 4.65.